The molecule has 0 atom stereocenters. The Hall–Kier alpha value is -1.88. The van der Waals surface area contributed by atoms with Crippen molar-refractivity contribution in [1.29, 1.82) is 0 Å². The van der Waals surface area contributed by atoms with Crippen LogP contribution in [0.2, 0.25) is 0 Å². The van der Waals surface area contributed by atoms with Gasteiger partial charge in [0.15, 0.2) is 0 Å². The summed E-state index contributed by atoms with van der Waals surface area (Å²) in [6, 6.07) is 5.95. The topological polar surface area (TPSA) is 61.4 Å². The molecule has 2 N–H and O–H groups in total. The molecule has 138 valence electrons. The Bertz CT molecular complexity index is 605. The summed E-state index contributed by atoms with van der Waals surface area (Å²) in [6.45, 7) is 11.0. The zero-order valence-corrected chi connectivity index (χ0v) is 15.9. The fraction of sp³-hybridized carbons (Fsp3) is 0.600. The summed E-state index contributed by atoms with van der Waals surface area (Å²) < 4.78 is 0. The van der Waals surface area contributed by atoms with E-state index in [0.29, 0.717) is 12.5 Å². The Morgan fingerprint density at radius 1 is 1.16 bits per heavy atom. The molecule has 0 aromatic heterocycles. The minimum Gasteiger partial charge on any atom is -0.356 e. The molecule has 1 aromatic carbocycles. The molecule has 0 aliphatic carbocycles. The minimum absolute atomic E-state index is 0.00552. The summed E-state index contributed by atoms with van der Waals surface area (Å²) in [4.78, 5) is 26.5. The van der Waals surface area contributed by atoms with Crippen molar-refractivity contribution in [3.63, 3.8) is 0 Å². The van der Waals surface area contributed by atoms with E-state index in [-0.39, 0.29) is 17.7 Å². The van der Waals surface area contributed by atoms with E-state index in [1.54, 1.807) is 0 Å². The SMILES string of the molecule is Cc1ccc(NC(=O)CN2CCC(C(=O)NCC(C)C)CC2)cc1C. The van der Waals surface area contributed by atoms with Crippen molar-refractivity contribution < 1.29 is 9.59 Å². The molecule has 1 fully saturated rings. The van der Waals surface area contributed by atoms with Gasteiger partial charge in [0.05, 0.1) is 6.54 Å². The van der Waals surface area contributed by atoms with Gasteiger partial charge in [0.25, 0.3) is 0 Å². The molecule has 0 saturated carbocycles. The fourth-order valence-electron chi connectivity index (χ4n) is 3.03. The molecular formula is C20H31N3O2. The van der Waals surface area contributed by atoms with Crippen LogP contribution in [0.1, 0.15) is 37.8 Å². The first-order valence-corrected chi connectivity index (χ1v) is 9.22. The molecule has 5 heteroatoms. The number of nitrogens with zero attached hydrogens (tertiary/aromatic N) is 1. The molecular weight excluding hydrogens is 314 g/mol. The van der Waals surface area contributed by atoms with Gasteiger partial charge in [-0.25, -0.2) is 0 Å². The molecule has 0 radical (unpaired) electrons. The van der Waals surface area contributed by atoms with Crippen LogP contribution in [-0.4, -0.2) is 42.9 Å². The number of likely N-dealkylation sites (tertiary alicyclic amines) is 1. The molecule has 1 saturated heterocycles. The lowest BCUT2D eigenvalue weighted by atomic mass is 9.95. The van der Waals surface area contributed by atoms with Crippen molar-refractivity contribution in [2.45, 2.75) is 40.5 Å². The number of nitrogens with one attached hydrogen (secondary N) is 2. The summed E-state index contributed by atoms with van der Waals surface area (Å²) in [5.41, 5.74) is 3.23. The van der Waals surface area contributed by atoms with Crippen molar-refractivity contribution in [3.05, 3.63) is 29.3 Å². The first-order chi connectivity index (χ1) is 11.8. The lowest BCUT2D eigenvalue weighted by Gasteiger charge is -2.30. The normalized spacial score (nSPS) is 16.0. The van der Waals surface area contributed by atoms with Crippen molar-refractivity contribution in [1.82, 2.24) is 10.2 Å². The molecule has 1 aliphatic rings. The van der Waals surface area contributed by atoms with Gasteiger partial charge in [-0.3, -0.25) is 14.5 Å². The summed E-state index contributed by atoms with van der Waals surface area (Å²) in [5, 5.41) is 5.98. The summed E-state index contributed by atoms with van der Waals surface area (Å²) in [6.07, 6.45) is 1.64. The second-order valence-corrected chi connectivity index (χ2v) is 7.54. The summed E-state index contributed by atoms with van der Waals surface area (Å²) in [7, 11) is 0. The predicted octanol–water partition coefficient (Wildman–Crippen LogP) is 2.73. The van der Waals surface area contributed by atoms with E-state index in [1.807, 2.05) is 25.1 Å². The molecule has 1 aliphatic heterocycles. The first kappa shape index (κ1) is 19.4. The number of carbonyl (C=O) groups excluding carboxylic acids is 2. The average Bonchev–Trinajstić information content (AvgIpc) is 2.56. The molecule has 2 amide bonds. The fourth-order valence-corrected chi connectivity index (χ4v) is 3.03. The maximum atomic E-state index is 12.2. The van der Waals surface area contributed by atoms with E-state index in [9.17, 15) is 9.59 Å². The third-order valence-electron chi connectivity index (χ3n) is 4.80. The van der Waals surface area contributed by atoms with E-state index in [4.69, 9.17) is 0 Å². The van der Waals surface area contributed by atoms with Crippen molar-refractivity contribution >= 4 is 17.5 Å². The second kappa shape index (κ2) is 8.99. The van der Waals surface area contributed by atoms with Crippen molar-refractivity contribution in [2.75, 3.05) is 31.5 Å². The summed E-state index contributed by atoms with van der Waals surface area (Å²) >= 11 is 0. The molecule has 0 unspecified atom stereocenters. The number of benzene rings is 1. The van der Waals surface area contributed by atoms with Gasteiger partial charge < -0.3 is 10.6 Å². The van der Waals surface area contributed by atoms with Crippen LogP contribution in [0.3, 0.4) is 0 Å². The highest BCUT2D eigenvalue weighted by Crippen LogP contribution is 2.18. The largest absolute Gasteiger partial charge is 0.356 e. The third-order valence-corrected chi connectivity index (χ3v) is 4.80. The monoisotopic (exact) mass is 345 g/mol. The second-order valence-electron chi connectivity index (χ2n) is 7.54. The molecule has 0 bridgehead atoms. The number of hydrogen-bond acceptors (Lipinski definition) is 3. The van der Waals surface area contributed by atoms with Crippen LogP contribution in [0.5, 0.6) is 0 Å². The van der Waals surface area contributed by atoms with Crippen LogP contribution < -0.4 is 10.6 Å². The van der Waals surface area contributed by atoms with Gasteiger partial charge in [0, 0.05) is 18.2 Å². The van der Waals surface area contributed by atoms with Crippen LogP contribution in [-0.2, 0) is 9.59 Å². The van der Waals surface area contributed by atoms with Crippen LogP contribution >= 0.6 is 0 Å². The zero-order valence-electron chi connectivity index (χ0n) is 15.9. The average molecular weight is 345 g/mol. The van der Waals surface area contributed by atoms with E-state index < -0.39 is 0 Å². The van der Waals surface area contributed by atoms with Crippen molar-refractivity contribution in [2.24, 2.45) is 11.8 Å². The highest BCUT2D eigenvalue weighted by atomic mass is 16.2. The lowest BCUT2D eigenvalue weighted by molar-refractivity contribution is -0.126. The smallest absolute Gasteiger partial charge is 0.238 e. The summed E-state index contributed by atoms with van der Waals surface area (Å²) in [5.74, 6) is 0.717. The maximum Gasteiger partial charge on any atom is 0.238 e. The van der Waals surface area contributed by atoms with E-state index in [0.717, 1.165) is 38.2 Å². The van der Waals surface area contributed by atoms with Gasteiger partial charge >= 0.3 is 0 Å². The molecule has 2 rings (SSSR count). The lowest BCUT2D eigenvalue weighted by Crippen LogP contribution is -2.43. The number of hydrogen-bond donors (Lipinski definition) is 2. The van der Waals surface area contributed by atoms with E-state index in [1.165, 1.54) is 11.1 Å². The highest BCUT2D eigenvalue weighted by Gasteiger charge is 2.25. The molecule has 5 nitrogen and oxygen atoms in total. The molecule has 1 aromatic rings. The number of carbonyl (C=O) groups is 2. The Kier molecular flexibility index (Phi) is 7.00. The highest BCUT2D eigenvalue weighted by molar-refractivity contribution is 5.92. The molecule has 25 heavy (non-hydrogen) atoms. The van der Waals surface area contributed by atoms with Gasteiger partial charge in [-0.2, -0.15) is 0 Å². The van der Waals surface area contributed by atoms with Gasteiger partial charge in [0.2, 0.25) is 11.8 Å². The van der Waals surface area contributed by atoms with Crippen LogP contribution in [0.25, 0.3) is 0 Å². The Morgan fingerprint density at radius 2 is 1.84 bits per heavy atom. The number of aryl methyl sites for hydroxylation is 2. The number of anilines is 1. The first-order valence-electron chi connectivity index (χ1n) is 9.22. The van der Waals surface area contributed by atoms with Gasteiger partial charge in [-0.05, 0) is 69.0 Å². The third kappa shape index (κ3) is 6.16. The van der Waals surface area contributed by atoms with Gasteiger partial charge in [-0.1, -0.05) is 19.9 Å². The minimum atomic E-state index is 0.00552. The van der Waals surface area contributed by atoms with Crippen LogP contribution in [0, 0.1) is 25.7 Å². The number of amides is 2. The Labute approximate surface area is 151 Å². The zero-order chi connectivity index (χ0) is 18.4. The van der Waals surface area contributed by atoms with E-state index in [2.05, 4.69) is 36.3 Å². The van der Waals surface area contributed by atoms with E-state index >= 15 is 0 Å². The Morgan fingerprint density at radius 3 is 2.44 bits per heavy atom. The maximum absolute atomic E-state index is 12.2. The van der Waals surface area contributed by atoms with Crippen LogP contribution in [0.15, 0.2) is 18.2 Å². The number of piperidine rings is 1. The quantitative estimate of drug-likeness (QED) is 0.833. The van der Waals surface area contributed by atoms with Crippen molar-refractivity contribution in [3.8, 4) is 0 Å². The van der Waals surface area contributed by atoms with Gasteiger partial charge in [-0.15, -0.1) is 0 Å². The Balaban J connectivity index is 1.74. The predicted molar refractivity (Wildman–Crippen MR) is 102 cm³/mol. The molecule has 1 heterocycles. The standard InChI is InChI=1S/C20H31N3O2/c1-14(2)12-21-20(25)17-7-9-23(10-8-17)13-19(24)22-18-6-5-15(3)16(4)11-18/h5-6,11,14,17H,7-10,12-13H2,1-4H3,(H,21,25)(H,22,24). The number of rotatable bonds is 6. The van der Waals surface area contributed by atoms with Gasteiger partial charge in [0.1, 0.15) is 0 Å². The molecule has 0 spiro atoms. The van der Waals surface area contributed by atoms with Crippen LogP contribution in [0.4, 0.5) is 5.69 Å².